The molecule has 7 heteroatoms. The lowest BCUT2D eigenvalue weighted by molar-refractivity contribution is 0.0532. The molecule has 142 valence electrons. The SMILES string of the molecule is CCOC(=O)c1cc2cc(NS(=O)(=O)c3ccc(C(C)C)cc3)ccc2s1. The summed E-state index contributed by atoms with van der Waals surface area (Å²) in [7, 11) is -3.68. The fourth-order valence-electron chi connectivity index (χ4n) is 2.66. The highest BCUT2D eigenvalue weighted by molar-refractivity contribution is 7.92. The van der Waals surface area contributed by atoms with Crippen LogP contribution in [0, 0.1) is 0 Å². The molecule has 27 heavy (non-hydrogen) atoms. The highest BCUT2D eigenvalue weighted by Crippen LogP contribution is 2.29. The molecule has 1 aromatic heterocycles. The monoisotopic (exact) mass is 403 g/mol. The lowest BCUT2D eigenvalue weighted by Crippen LogP contribution is -2.12. The Morgan fingerprint density at radius 2 is 1.81 bits per heavy atom. The van der Waals surface area contributed by atoms with Gasteiger partial charge in [-0.05, 0) is 60.2 Å². The summed E-state index contributed by atoms with van der Waals surface area (Å²) in [5.41, 5.74) is 1.53. The Morgan fingerprint density at radius 3 is 2.44 bits per heavy atom. The van der Waals surface area contributed by atoms with E-state index in [0.717, 1.165) is 15.6 Å². The Kier molecular flexibility index (Phi) is 5.53. The molecule has 0 bridgehead atoms. The number of anilines is 1. The molecule has 1 heterocycles. The number of hydrogen-bond acceptors (Lipinski definition) is 5. The highest BCUT2D eigenvalue weighted by Gasteiger charge is 2.16. The molecule has 0 radical (unpaired) electrons. The summed E-state index contributed by atoms with van der Waals surface area (Å²) >= 11 is 1.32. The standard InChI is InChI=1S/C20H21NO4S2/c1-4-25-20(22)19-12-15-11-16(7-10-18(15)26-19)21-27(23,24)17-8-5-14(6-9-17)13(2)3/h5-13,21H,4H2,1-3H3. The summed E-state index contributed by atoms with van der Waals surface area (Å²) in [6.45, 7) is 6.18. The molecule has 1 N–H and O–H groups in total. The number of benzene rings is 2. The maximum absolute atomic E-state index is 12.6. The van der Waals surface area contributed by atoms with Crippen molar-refractivity contribution < 1.29 is 17.9 Å². The number of carbonyl (C=O) groups excluding carboxylic acids is 1. The van der Waals surface area contributed by atoms with E-state index in [1.807, 2.05) is 12.1 Å². The smallest absolute Gasteiger partial charge is 0.348 e. The van der Waals surface area contributed by atoms with Gasteiger partial charge in [0.1, 0.15) is 4.88 Å². The Bertz CT molecular complexity index is 1070. The van der Waals surface area contributed by atoms with E-state index >= 15 is 0 Å². The topological polar surface area (TPSA) is 72.5 Å². The van der Waals surface area contributed by atoms with Crippen molar-refractivity contribution in [1.82, 2.24) is 0 Å². The molecule has 3 rings (SSSR count). The lowest BCUT2D eigenvalue weighted by Gasteiger charge is -2.10. The Hall–Kier alpha value is -2.38. The second-order valence-electron chi connectivity index (χ2n) is 6.41. The van der Waals surface area contributed by atoms with Crippen molar-refractivity contribution in [3.8, 4) is 0 Å². The van der Waals surface area contributed by atoms with E-state index < -0.39 is 10.0 Å². The molecule has 0 amide bonds. The van der Waals surface area contributed by atoms with Crippen molar-refractivity contribution in [3.05, 3.63) is 59.0 Å². The summed E-state index contributed by atoms with van der Waals surface area (Å²) in [5.74, 6) is -0.0321. The first-order valence-corrected chi connectivity index (χ1v) is 10.9. The van der Waals surface area contributed by atoms with Gasteiger partial charge in [0.15, 0.2) is 0 Å². The number of thiophene rings is 1. The number of esters is 1. The van der Waals surface area contributed by atoms with Crippen LogP contribution in [0.3, 0.4) is 0 Å². The maximum Gasteiger partial charge on any atom is 0.348 e. The number of fused-ring (bicyclic) bond motifs is 1. The minimum atomic E-state index is -3.68. The van der Waals surface area contributed by atoms with Crippen LogP contribution in [0.5, 0.6) is 0 Å². The highest BCUT2D eigenvalue weighted by atomic mass is 32.2. The van der Waals surface area contributed by atoms with Crippen LogP contribution in [0.2, 0.25) is 0 Å². The molecule has 0 unspecified atom stereocenters. The quantitative estimate of drug-likeness (QED) is 0.588. The van der Waals surface area contributed by atoms with E-state index in [1.165, 1.54) is 11.3 Å². The number of sulfonamides is 1. The lowest BCUT2D eigenvalue weighted by atomic mass is 10.0. The van der Waals surface area contributed by atoms with Crippen LogP contribution in [-0.2, 0) is 14.8 Å². The van der Waals surface area contributed by atoms with Crippen molar-refractivity contribution in [2.75, 3.05) is 11.3 Å². The summed E-state index contributed by atoms with van der Waals surface area (Å²) in [4.78, 5) is 12.6. The van der Waals surface area contributed by atoms with Crippen LogP contribution in [0.25, 0.3) is 10.1 Å². The van der Waals surface area contributed by atoms with Crippen molar-refractivity contribution in [2.24, 2.45) is 0 Å². The van der Waals surface area contributed by atoms with E-state index in [9.17, 15) is 13.2 Å². The third kappa shape index (κ3) is 4.31. The first kappa shape index (κ1) is 19.4. The minimum Gasteiger partial charge on any atom is -0.462 e. The normalized spacial score (nSPS) is 11.7. The van der Waals surface area contributed by atoms with Crippen molar-refractivity contribution >= 4 is 43.1 Å². The Balaban J connectivity index is 1.85. The van der Waals surface area contributed by atoms with Gasteiger partial charge < -0.3 is 4.74 Å². The van der Waals surface area contributed by atoms with E-state index in [1.54, 1.807) is 43.3 Å². The van der Waals surface area contributed by atoms with Crippen molar-refractivity contribution in [2.45, 2.75) is 31.6 Å². The number of carbonyl (C=O) groups is 1. The Labute approximate surface area is 163 Å². The van der Waals surface area contributed by atoms with E-state index in [0.29, 0.717) is 23.1 Å². The predicted octanol–water partition coefficient (Wildman–Crippen LogP) is 5.00. The van der Waals surface area contributed by atoms with Gasteiger partial charge in [0, 0.05) is 10.4 Å². The second-order valence-corrected chi connectivity index (χ2v) is 9.18. The average Bonchev–Trinajstić information content (AvgIpc) is 3.05. The van der Waals surface area contributed by atoms with Crippen molar-refractivity contribution in [3.63, 3.8) is 0 Å². The summed E-state index contributed by atoms with van der Waals surface area (Å²) < 4.78 is 33.8. The van der Waals surface area contributed by atoms with Crippen LogP contribution in [0.1, 0.15) is 41.9 Å². The van der Waals surface area contributed by atoms with Crippen LogP contribution >= 0.6 is 11.3 Å². The molecule has 0 aliphatic heterocycles. The number of rotatable bonds is 6. The zero-order valence-corrected chi connectivity index (χ0v) is 17.0. The number of ether oxygens (including phenoxy) is 1. The van der Waals surface area contributed by atoms with Crippen LogP contribution in [0.4, 0.5) is 5.69 Å². The zero-order chi connectivity index (χ0) is 19.6. The van der Waals surface area contributed by atoms with E-state index in [-0.39, 0.29) is 10.9 Å². The van der Waals surface area contributed by atoms with Gasteiger partial charge in [-0.1, -0.05) is 26.0 Å². The third-order valence-corrected chi connectivity index (χ3v) is 6.60. The molecular formula is C20H21NO4S2. The molecule has 0 saturated carbocycles. The molecule has 0 aliphatic rings. The molecule has 0 atom stereocenters. The van der Waals surface area contributed by atoms with Crippen LogP contribution in [-0.4, -0.2) is 21.0 Å². The summed E-state index contributed by atoms with van der Waals surface area (Å²) in [5, 5.41) is 0.790. The number of nitrogens with one attached hydrogen (secondary N) is 1. The molecule has 3 aromatic rings. The van der Waals surface area contributed by atoms with E-state index in [4.69, 9.17) is 4.74 Å². The van der Waals surface area contributed by atoms with Gasteiger partial charge in [-0.15, -0.1) is 11.3 Å². The van der Waals surface area contributed by atoms with Crippen LogP contribution in [0.15, 0.2) is 53.4 Å². The van der Waals surface area contributed by atoms with Gasteiger partial charge in [-0.2, -0.15) is 0 Å². The molecule has 5 nitrogen and oxygen atoms in total. The van der Waals surface area contributed by atoms with E-state index in [2.05, 4.69) is 18.6 Å². The zero-order valence-electron chi connectivity index (χ0n) is 15.4. The first-order valence-electron chi connectivity index (χ1n) is 8.63. The van der Waals surface area contributed by atoms with Gasteiger partial charge in [-0.25, -0.2) is 13.2 Å². The van der Waals surface area contributed by atoms with Gasteiger partial charge >= 0.3 is 5.97 Å². The molecule has 0 spiro atoms. The molecule has 0 aliphatic carbocycles. The predicted molar refractivity (Wildman–Crippen MR) is 109 cm³/mol. The van der Waals surface area contributed by atoms with Gasteiger partial charge in [-0.3, -0.25) is 4.72 Å². The first-order chi connectivity index (χ1) is 12.8. The summed E-state index contributed by atoms with van der Waals surface area (Å²) in [6, 6.07) is 13.8. The van der Waals surface area contributed by atoms with Crippen molar-refractivity contribution in [1.29, 1.82) is 0 Å². The second kappa shape index (κ2) is 7.70. The van der Waals surface area contributed by atoms with Gasteiger partial charge in [0.05, 0.1) is 11.5 Å². The molecule has 0 saturated heterocycles. The fourth-order valence-corrected chi connectivity index (χ4v) is 4.64. The number of hydrogen-bond donors (Lipinski definition) is 1. The maximum atomic E-state index is 12.6. The Morgan fingerprint density at radius 1 is 1.11 bits per heavy atom. The molecular weight excluding hydrogens is 382 g/mol. The average molecular weight is 404 g/mol. The third-order valence-electron chi connectivity index (χ3n) is 4.10. The summed E-state index contributed by atoms with van der Waals surface area (Å²) in [6.07, 6.45) is 0. The molecule has 0 fully saturated rings. The fraction of sp³-hybridized carbons (Fsp3) is 0.250. The largest absolute Gasteiger partial charge is 0.462 e. The van der Waals surface area contributed by atoms with Gasteiger partial charge in [0.2, 0.25) is 0 Å². The minimum absolute atomic E-state index is 0.213. The van der Waals surface area contributed by atoms with Crippen LogP contribution < -0.4 is 4.72 Å². The van der Waals surface area contributed by atoms with Gasteiger partial charge in [0.25, 0.3) is 10.0 Å². The molecule has 2 aromatic carbocycles.